The molecule has 0 saturated heterocycles. The third-order valence-corrected chi connectivity index (χ3v) is 6.73. The van der Waals surface area contributed by atoms with Crippen LogP contribution in [0.3, 0.4) is 0 Å². The molecule has 1 N–H and O–H groups in total. The van der Waals surface area contributed by atoms with E-state index >= 15 is 0 Å². The summed E-state index contributed by atoms with van der Waals surface area (Å²) in [5.74, 6) is -0.0160. The number of hydrogen-bond donors (Lipinski definition) is 1. The van der Waals surface area contributed by atoms with Gasteiger partial charge in [0.05, 0.1) is 5.39 Å². The van der Waals surface area contributed by atoms with Crippen molar-refractivity contribution in [3.05, 3.63) is 48.0 Å². The molecule has 0 fully saturated rings. The highest BCUT2D eigenvalue weighted by Crippen LogP contribution is 2.28. The highest BCUT2D eigenvalue weighted by Gasteiger charge is 2.20. The van der Waals surface area contributed by atoms with Crippen molar-refractivity contribution in [3.8, 4) is 0 Å². The minimum absolute atomic E-state index is 0.190. The van der Waals surface area contributed by atoms with Crippen molar-refractivity contribution in [1.29, 1.82) is 0 Å². The third kappa shape index (κ3) is 3.26. The molecular weight excluding hydrogens is 356 g/mol. The fourth-order valence-corrected chi connectivity index (χ4v) is 4.74. The van der Waals surface area contributed by atoms with Gasteiger partial charge >= 0.3 is 5.97 Å². The van der Waals surface area contributed by atoms with Crippen LogP contribution in [0.15, 0.2) is 10.9 Å². The minimum Gasteiger partial charge on any atom is -0.450 e. The van der Waals surface area contributed by atoms with Gasteiger partial charge in [0.25, 0.3) is 5.56 Å². The van der Waals surface area contributed by atoms with Crippen LogP contribution < -0.4 is 5.56 Å². The summed E-state index contributed by atoms with van der Waals surface area (Å²) in [6.45, 7) is 9.65. The maximum Gasteiger partial charge on any atom is 0.349 e. The summed E-state index contributed by atoms with van der Waals surface area (Å²) < 4.78 is 5.52. The molecule has 3 aromatic heterocycles. The molecule has 1 atom stereocenters. The zero-order chi connectivity index (χ0) is 18.3. The molecule has 3 aromatic rings. The number of hydrogen-bond acceptors (Lipinski definition) is 6. The van der Waals surface area contributed by atoms with Crippen LogP contribution in [0, 0.1) is 20.8 Å². The maximum absolute atomic E-state index is 12.4. The first-order valence-electron chi connectivity index (χ1n) is 8.12. The van der Waals surface area contributed by atoms with E-state index in [0.717, 1.165) is 22.4 Å². The molecule has 3 heterocycles. The number of thiophene rings is 2. The molecule has 0 aromatic carbocycles. The molecule has 0 bridgehead atoms. The van der Waals surface area contributed by atoms with E-state index in [1.165, 1.54) is 27.6 Å². The standard InChI is InChI=1S/C18H20N2O3S2/c1-6-12-8(2)7-13(25-12)18(22)23-10(4)15-19-16(21)14-9(3)11(5)24-17(14)20-15/h7,10H,6H2,1-5H3,(H,19,20,21)/t10-/m1/s1. The lowest BCUT2D eigenvalue weighted by Crippen LogP contribution is -2.17. The van der Waals surface area contributed by atoms with Crippen molar-refractivity contribution in [3.63, 3.8) is 0 Å². The Morgan fingerprint density at radius 1 is 1.32 bits per heavy atom. The van der Waals surface area contributed by atoms with Gasteiger partial charge in [-0.15, -0.1) is 22.7 Å². The number of carbonyl (C=O) groups excluding carboxylic acids is 1. The van der Waals surface area contributed by atoms with Crippen molar-refractivity contribution in [1.82, 2.24) is 9.97 Å². The molecular formula is C18H20N2O3S2. The molecule has 0 aliphatic rings. The number of nitrogens with zero attached hydrogens (tertiary/aromatic N) is 1. The first-order valence-corrected chi connectivity index (χ1v) is 9.75. The van der Waals surface area contributed by atoms with E-state index in [4.69, 9.17) is 4.74 Å². The molecule has 3 rings (SSSR count). The van der Waals surface area contributed by atoms with Crippen molar-refractivity contribution >= 4 is 38.9 Å². The Labute approximate surface area is 153 Å². The van der Waals surface area contributed by atoms with Crippen molar-refractivity contribution in [2.24, 2.45) is 0 Å². The molecule has 25 heavy (non-hydrogen) atoms. The monoisotopic (exact) mass is 376 g/mol. The van der Waals surface area contributed by atoms with Gasteiger partial charge in [0.2, 0.25) is 0 Å². The predicted octanol–water partition coefficient (Wildman–Crippen LogP) is 4.45. The van der Waals surface area contributed by atoms with E-state index in [0.29, 0.717) is 20.9 Å². The van der Waals surface area contributed by atoms with Crippen LogP contribution >= 0.6 is 22.7 Å². The summed E-state index contributed by atoms with van der Waals surface area (Å²) in [4.78, 5) is 35.5. The summed E-state index contributed by atoms with van der Waals surface area (Å²) in [6, 6.07) is 1.85. The highest BCUT2D eigenvalue weighted by molar-refractivity contribution is 7.18. The van der Waals surface area contributed by atoms with Crippen LogP contribution in [-0.2, 0) is 11.2 Å². The summed E-state index contributed by atoms with van der Waals surface area (Å²) in [6.07, 6.45) is 0.266. The SMILES string of the molecule is CCc1sc(C(=O)O[C@H](C)c2nc3sc(C)c(C)c3c(=O)[nH]2)cc1C. The van der Waals surface area contributed by atoms with Crippen molar-refractivity contribution < 1.29 is 9.53 Å². The molecule has 7 heteroatoms. The second-order valence-electron chi connectivity index (χ2n) is 6.03. The summed E-state index contributed by atoms with van der Waals surface area (Å²) in [7, 11) is 0. The largest absolute Gasteiger partial charge is 0.450 e. The van der Waals surface area contributed by atoms with Gasteiger partial charge in [-0.3, -0.25) is 4.79 Å². The van der Waals surface area contributed by atoms with Crippen molar-refractivity contribution in [2.45, 2.75) is 47.1 Å². The smallest absolute Gasteiger partial charge is 0.349 e. The average Bonchev–Trinajstić information content (AvgIpc) is 3.07. The molecule has 0 radical (unpaired) electrons. The van der Waals surface area contributed by atoms with Gasteiger partial charge < -0.3 is 9.72 Å². The zero-order valence-corrected chi connectivity index (χ0v) is 16.5. The second-order valence-corrected chi connectivity index (χ2v) is 8.37. The van der Waals surface area contributed by atoms with Crippen molar-refractivity contribution in [2.75, 3.05) is 0 Å². The summed E-state index contributed by atoms with van der Waals surface area (Å²) in [5.41, 5.74) is 1.86. The van der Waals surface area contributed by atoms with E-state index in [2.05, 4.69) is 16.9 Å². The van der Waals surface area contributed by atoms with Crippen LogP contribution in [0.5, 0.6) is 0 Å². The summed E-state index contributed by atoms with van der Waals surface area (Å²) >= 11 is 2.93. The Balaban J connectivity index is 1.87. The number of ether oxygens (including phenoxy) is 1. The second kappa shape index (κ2) is 6.72. The molecule has 0 aliphatic carbocycles. The van der Waals surface area contributed by atoms with Crippen LogP contribution in [-0.4, -0.2) is 15.9 Å². The molecule has 0 saturated carbocycles. The van der Waals surface area contributed by atoms with Gasteiger partial charge in [0.1, 0.15) is 9.71 Å². The third-order valence-electron chi connectivity index (χ3n) is 4.27. The van der Waals surface area contributed by atoms with Gasteiger partial charge in [-0.1, -0.05) is 6.92 Å². The molecule has 0 aliphatic heterocycles. The Morgan fingerprint density at radius 2 is 2.04 bits per heavy atom. The van der Waals surface area contributed by atoms with Crippen LogP contribution in [0.4, 0.5) is 0 Å². The topological polar surface area (TPSA) is 72.0 Å². The van der Waals surface area contributed by atoms with Gasteiger partial charge in [0.15, 0.2) is 11.9 Å². The first kappa shape index (κ1) is 17.8. The number of esters is 1. The number of H-pyrrole nitrogens is 1. The first-order chi connectivity index (χ1) is 11.8. The van der Waals surface area contributed by atoms with E-state index in [1.54, 1.807) is 6.92 Å². The lowest BCUT2D eigenvalue weighted by molar-refractivity contribution is 0.0326. The number of rotatable bonds is 4. The van der Waals surface area contributed by atoms with Crippen LogP contribution in [0.1, 0.15) is 56.3 Å². The number of carbonyl (C=O) groups is 1. The van der Waals surface area contributed by atoms with E-state index in [1.807, 2.05) is 26.8 Å². The van der Waals surface area contributed by atoms with Gasteiger partial charge in [-0.05, 0) is 51.3 Å². The molecule has 132 valence electrons. The molecule has 0 spiro atoms. The van der Waals surface area contributed by atoms with E-state index < -0.39 is 6.10 Å². The minimum atomic E-state index is -0.625. The number of nitrogens with one attached hydrogen (secondary N) is 1. The Bertz CT molecular complexity index is 1010. The molecule has 5 nitrogen and oxygen atoms in total. The zero-order valence-electron chi connectivity index (χ0n) is 14.9. The number of aromatic nitrogens is 2. The maximum atomic E-state index is 12.4. The lowest BCUT2D eigenvalue weighted by atomic mass is 10.2. The Hall–Kier alpha value is -1.99. The number of aryl methyl sites for hydroxylation is 4. The fraction of sp³-hybridized carbons (Fsp3) is 0.389. The molecule has 0 unspecified atom stereocenters. The lowest BCUT2D eigenvalue weighted by Gasteiger charge is -2.11. The van der Waals surface area contributed by atoms with Gasteiger partial charge in [-0.2, -0.15) is 0 Å². The predicted molar refractivity (Wildman–Crippen MR) is 102 cm³/mol. The van der Waals surface area contributed by atoms with E-state index in [9.17, 15) is 9.59 Å². The average molecular weight is 377 g/mol. The number of fused-ring (bicyclic) bond motifs is 1. The van der Waals surface area contributed by atoms with E-state index in [-0.39, 0.29) is 11.5 Å². The van der Waals surface area contributed by atoms with Gasteiger partial charge in [-0.25, -0.2) is 9.78 Å². The van der Waals surface area contributed by atoms with Crippen LogP contribution in [0.2, 0.25) is 0 Å². The fourth-order valence-electron chi connectivity index (χ4n) is 2.71. The van der Waals surface area contributed by atoms with Crippen LogP contribution in [0.25, 0.3) is 10.2 Å². The quantitative estimate of drug-likeness (QED) is 0.683. The Morgan fingerprint density at radius 3 is 2.68 bits per heavy atom. The normalized spacial score (nSPS) is 12.5. The van der Waals surface area contributed by atoms with Gasteiger partial charge in [0, 0.05) is 9.75 Å². The number of aromatic amines is 1. The highest BCUT2D eigenvalue weighted by atomic mass is 32.1. The summed E-state index contributed by atoms with van der Waals surface area (Å²) in [5, 5.41) is 0.617. The Kier molecular flexibility index (Phi) is 4.79. The molecule has 0 amide bonds.